The van der Waals surface area contributed by atoms with Gasteiger partial charge in [-0.2, -0.15) is 4.31 Å². The maximum absolute atomic E-state index is 13.3. The van der Waals surface area contributed by atoms with E-state index in [-0.39, 0.29) is 10.8 Å². The number of carbonyl (C=O) groups excluding carboxylic acids is 1. The Labute approximate surface area is 184 Å². The van der Waals surface area contributed by atoms with Crippen molar-refractivity contribution in [2.45, 2.75) is 24.2 Å². The van der Waals surface area contributed by atoms with E-state index in [1.807, 2.05) is 30.3 Å². The molecule has 0 radical (unpaired) electrons. The number of carbonyl (C=O) groups is 1. The highest BCUT2D eigenvalue weighted by molar-refractivity contribution is 7.89. The zero-order valence-electron chi connectivity index (χ0n) is 17.9. The zero-order chi connectivity index (χ0) is 21.8. The summed E-state index contributed by atoms with van der Waals surface area (Å²) in [6.07, 6.45) is 3.06. The van der Waals surface area contributed by atoms with Gasteiger partial charge in [-0.1, -0.05) is 18.2 Å². The Bertz CT molecular complexity index is 1010. The van der Waals surface area contributed by atoms with E-state index in [2.05, 4.69) is 4.90 Å². The highest BCUT2D eigenvalue weighted by Crippen LogP contribution is 2.28. The number of amides is 1. The Morgan fingerprint density at radius 3 is 2.19 bits per heavy atom. The Morgan fingerprint density at radius 2 is 1.55 bits per heavy atom. The fourth-order valence-corrected chi connectivity index (χ4v) is 5.71. The number of para-hydroxylation sites is 1. The minimum Gasteiger partial charge on any atom is -0.496 e. The number of piperazine rings is 1. The normalized spacial score (nSPS) is 18.1. The summed E-state index contributed by atoms with van der Waals surface area (Å²) < 4.78 is 33.5. The Morgan fingerprint density at radius 1 is 0.871 bits per heavy atom. The number of rotatable bonds is 5. The molecule has 8 heteroatoms. The van der Waals surface area contributed by atoms with Crippen molar-refractivity contribution in [1.29, 1.82) is 0 Å². The van der Waals surface area contributed by atoms with E-state index in [9.17, 15) is 13.2 Å². The fraction of sp³-hybridized carbons (Fsp3) is 0.435. The van der Waals surface area contributed by atoms with Crippen LogP contribution in [0.1, 0.15) is 29.6 Å². The van der Waals surface area contributed by atoms with Crippen molar-refractivity contribution in [3.8, 4) is 5.75 Å². The van der Waals surface area contributed by atoms with Gasteiger partial charge in [0, 0.05) is 45.0 Å². The van der Waals surface area contributed by atoms with Crippen LogP contribution in [-0.4, -0.2) is 69.9 Å². The number of ether oxygens (including phenoxy) is 1. The van der Waals surface area contributed by atoms with Gasteiger partial charge < -0.3 is 14.5 Å². The highest BCUT2D eigenvalue weighted by Gasteiger charge is 2.30. The standard InChI is InChI=1S/C23H29N3O4S/c1-30-22-11-10-20(18-21(22)23(27)25-12-6-3-7-13-25)31(28,29)26-16-14-24(15-17-26)19-8-4-2-5-9-19/h2,4-5,8-11,18H,3,6-7,12-17H2,1H3. The number of sulfonamides is 1. The summed E-state index contributed by atoms with van der Waals surface area (Å²) in [5, 5.41) is 0. The lowest BCUT2D eigenvalue weighted by Gasteiger charge is -2.35. The lowest BCUT2D eigenvalue weighted by Crippen LogP contribution is -2.48. The molecule has 2 aliphatic heterocycles. The summed E-state index contributed by atoms with van der Waals surface area (Å²) in [6.45, 7) is 3.44. The summed E-state index contributed by atoms with van der Waals surface area (Å²) in [6, 6.07) is 14.6. The van der Waals surface area contributed by atoms with Crippen molar-refractivity contribution in [1.82, 2.24) is 9.21 Å². The zero-order valence-corrected chi connectivity index (χ0v) is 18.7. The van der Waals surface area contributed by atoms with E-state index < -0.39 is 10.0 Å². The number of nitrogens with zero attached hydrogens (tertiary/aromatic N) is 3. The van der Waals surface area contributed by atoms with E-state index in [1.54, 1.807) is 11.0 Å². The molecular formula is C23H29N3O4S. The lowest BCUT2D eigenvalue weighted by atomic mass is 10.1. The van der Waals surface area contributed by atoms with Crippen LogP contribution in [0.4, 0.5) is 5.69 Å². The molecule has 0 spiro atoms. The second-order valence-corrected chi connectivity index (χ2v) is 9.88. The van der Waals surface area contributed by atoms with Crippen LogP contribution in [0.2, 0.25) is 0 Å². The number of hydrogen-bond acceptors (Lipinski definition) is 5. The van der Waals surface area contributed by atoms with E-state index in [1.165, 1.54) is 23.5 Å². The van der Waals surface area contributed by atoms with Crippen LogP contribution in [0.25, 0.3) is 0 Å². The van der Waals surface area contributed by atoms with Crippen molar-refractivity contribution in [2.24, 2.45) is 0 Å². The predicted molar refractivity (Wildman–Crippen MR) is 120 cm³/mol. The molecule has 2 aromatic rings. The average molecular weight is 444 g/mol. The predicted octanol–water partition coefficient (Wildman–Crippen LogP) is 2.83. The first-order valence-corrected chi connectivity index (χ1v) is 12.2. The number of methoxy groups -OCH3 is 1. The Hall–Kier alpha value is -2.58. The van der Waals surface area contributed by atoms with E-state index >= 15 is 0 Å². The first-order valence-electron chi connectivity index (χ1n) is 10.8. The largest absolute Gasteiger partial charge is 0.496 e. The monoisotopic (exact) mass is 443 g/mol. The summed E-state index contributed by atoms with van der Waals surface area (Å²) >= 11 is 0. The molecule has 2 fully saturated rings. The number of piperidine rings is 1. The van der Waals surface area contributed by atoms with Gasteiger partial charge in [-0.3, -0.25) is 4.79 Å². The van der Waals surface area contributed by atoms with Gasteiger partial charge in [0.25, 0.3) is 5.91 Å². The van der Waals surface area contributed by atoms with E-state index in [0.29, 0.717) is 50.6 Å². The van der Waals surface area contributed by atoms with Gasteiger partial charge >= 0.3 is 0 Å². The van der Waals surface area contributed by atoms with Crippen LogP contribution in [0.3, 0.4) is 0 Å². The molecule has 7 nitrogen and oxygen atoms in total. The molecule has 2 aromatic carbocycles. The van der Waals surface area contributed by atoms with Gasteiger partial charge in [0.05, 0.1) is 17.6 Å². The third kappa shape index (κ3) is 4.55. The second-order valence-electron chi connectivity index (χ2n) is 7.94. The van der Waals surface area contributed by atoms with Crippen LogP contribution < -0.4 is 9.64 Å². The molecule has 31 heavy (non-hydrogen) atoms. The molecule has 2 aliphatic rings. The van der Waals surface area contributed by atoms with Gasteiger partial charge in [0.1, 0.15) is 5.75 Å². The first-order chi connectivity index (χ1) is 15.0. The fourth-order valence-electron chi connectivity index (χ4n) is 4.26. The SMILES string of the molecule is COc1ccc(S(=O)(=O)N2CCN(c3ccccc3)CC2)cc1C(=O)N1CCCCC1. The van der Waals surface area contributed by atoms with Crippen molar-refractivity contribution in [3.63, 3.8) is 0 Å². The Balaban J connectivity index is 1.53. The maximum atomic E-state index is 13.3. The first kappa shape index (κ1) is 21.6. The topological polar surface area (TPSA) is 70.2 Å². The van der Waals surface area contributed by atoms with Gasteiger partial charge in [-0.15, -0.1) is 0 Å². The second kappa shape index (κ2) is 9.28. The van der Waals surface area contributed by atoms with Crippen molar-refractivity contribution < 1.29 is 17.9 Å². The average Bonchev–Trinajstić information content (AvgIpc) is 2.84. The molecule has 0 saturated carbocycles. The third-order valence-corrected chi connectivity index (χ3v) is 7.94. The summed E-state index contributed by atoms with van der Waals surface area (Å²) in [4.78, 5) is 17.2. The van der Waals surface area contributed by atoms with Gasteiger partial charge in [-0.25, -0.2) is 8.42 Å². The molecule has 166 valence electrons. The van der Waals surface area contributed by atoms with Crippen molar-refractivity contribution in [3.05, 3.63) is 54.1 Å². The van der Waals surface area contributed by atoms with Crippen LogP contribution in [0.15, 0.2) is 53.4 Å². The van der Waals surface area contributed by atoms with E-state index in [4.69, 9.17) is 4.74 Å². The molecule has 4 rings (SSSR count). The molecule has 1 amide bonds. The number of benzene rings is 2. The summed E-state index contributed by atoms with van der Waals surface area (Å²) in [5.41, 5.74) is 1.41. The Kier molecular flexibility index (Phi) is 6.48. The van der Waals surface area contributed by atoms with Crippen LogP contribution >= 0.6 is 0 Å². The summed E-state index contributed by atoms with van der Waals surface area (Å²) in [5.74, 6) is 0.242. The van der Waals surface area contributed by atoms with Crippen LogP contribution in [0.5, 0.6) is 5.75 Å². The van der Waals surface area contributed by atoms with Gasteiger partial charge in [-0.05, 0) is 49.6 Å². The third-order valence-electron chi connectivity index (χ3n) is 6.04. The smallest absolute Gasteiger partial charge is 0.257 e. The lowest BCUT2D eigenvalue weighted by molar-refractivity contribution is 0.0720. The molecule has 0 aliphatic carbocycles. The van der Waals surface area contributed by atoms with Gasteiger partial charge in [0.15, 0.2) is 0 Å². The maximum Gasteiger partial charge on any atom is 0.257 e. The molecule has 0 N–H and O–H groups in total. The molecule has 0 unspecified atom stereocenters. The molecule has 2 heterocycles. The van der Waals surface area contributed by atoms with Crippen molar-refractivity contribution >= 4 is 21.6 Å². The van der Waals surface area contributed by atoms with Crippen LogP contribution in [0, 0.1) is 0 Å². The molecule has 2 saturated heterocycles. The van der Waals surface area contributed by atoms with Gasteiger partial charge in [0.2, 0.25) is 10.0 Å². The molecule has 0 atom stereocenters. The highest BCUT2D eigenvalue weighted by atomic mass is 32.2. The molecular weight excluding hydrogens is 414 g/mol. The van der Waals surface area contributed by atoms with E-state index in [0.717, 1.165) is 24.9 Å². The number of hydrogen-bond donors (Lipinski definition) is 0. The minimum atomic E-state index is -3.70. The van der Waals surface area contributed by atoms with Crippen molar-refractivity contribution in [2.75, 3.05) is 51.3 Å². The summed E-state index contributed by atoms with van der Waals surface area (Å²) in [7, 11) is -2.20. The molecule has 0 bridgehead atoms. The molecule has 0 aromatic heterocycles. The number of anilines is 1. The number of likely N-dealkylation sites (tertiary alicyclic amines) is 1. The van der Waals surface area contributed by atoms with Crippen LogP contribution in [-0.2, 0) is 10.0 Å². The quantitative estimate of drug-likeness (QED) is 0.711. The minimum absolute atomic E-state index is 0.141.